The average Bonchev–Trinajstić information content (AvgIpc) is 3.49. The Bertz CT molecular complexity index is 2320. The van der Waals surface area contributed by atoms with Crippen molar-refractivity contribution in [1.29, 1.82) is 0 Å². The first kappa shape index (κ1) is 36.4. The van der Waals surface area contributed by atoms with E-state index < -0.39 is 0 Å². The molecular weight excluding hydrogens is 686 g/mol. The molecule has 1 aliphatic heterocycles. The zero-order valence-corrected chi connectivity index (χ0v) is 30.7. The van der Waals surface area contributed by atoms with Gasteiger partial charge in [-0.2, -0.15) is 0 Å². The number of nitrogens with zero attached hydrogens (tertiary/aromatic N) is 5. The molecule has 0 bridgehead atoms. The van der Waals surface area contributed by atoms with Crippen LogP contribution in [0.15, 0.2) is 97.1 Å². The highest BCUT2D eigenvalue weighted by molar-refractivity contribution is 6.10. The van der Waals surface area contributed by atoms with Gasteiger partial charge in [0.1, 0.15) is 5.75 Å². The van der Waals surface area contributed by atoms with Crippen molar-refractivity contribution in [3.8, 4) is 5.75 Å². The molecule has 1 aromatic heterocycles. The second-order valence-corrected chi connectivity index (χ2v) is 13.4. The van der Waals surface area contributed by atoms with Crippen LogP contribution in [0.5, 0.6) is 5.75 Å². The van der Waals surface area contributed by atoms with Crippen LogP contribution in [0.3, 0.4) is 0 Å². The van der Waals surface area contributed by atoms with Gasteiger partial charge < -0.3 is 28.6 Å². The van der Waals surface area contributed by atoms with Gasteiger partial charge >= 0.3 is 0 Å². The smallest absolute Gasteiger partial charge is 0.270 e. The van der Waals surface area contributed by atoms with Crippen LogP contribution in [0.25, 0.3) is 21.8 Å². The number of rotatable bonds is 16. The summed E-state index contributed by atoms with van der Waals surface area (Å²) in [6, 6.07) is 30.4. The SMILES string of the molecule is CCCCCOCCn1c2ccc(N(c3ccc(OC)cc3)c3ccc4c(c3)Cc3cc([N+](=O)[O-])ccc3N4CCOC)cc2c2cc([N+](=O)[O-])ccc21. The van der Waals surface area contributed by atoms with Crippen molar-refractivity contribution in [3.05, 3.63) is 128 Å². The molecule has 2 heterocycles. The molecule has 278 valence electrons. The molecule has 0 spiro atoms. The van der Waals surface area contributed by atoms with E-state index >= 15 is 0 Å². The van der Waals surface area contributed by atoms with Crippen molar-refractivity contribution < 1.29 is 24.1 Å². The van der Waals surface area contributed by atoms with Gasteiger partial charge in [0.15, 0.2) is 0 Å². The second kappa shape index (κ2) is 15.9. The summed E-state index contributed by atoms with van der Waals surface area (Å²) in [5, 5.41) is 25.3. The van der Waals surface area contributed by atoms with Gasteiger partial charge in [-0.25, -0.2) is 0 Å². The first-order valence-electron chi connectivity index (χ1n) is 18.2. The van der Waals surface area contributed by atoms with Crippen LogP contribution in [0.1, 0.15) is 37.3 Å². The molecule has 0 atom stereocenters. The molecule has 7 rings (SSSR count). The number of unbranched alkanes of at least 4 members (excludes halogenated alkanes) is 2. The number of hydrogen-bond donors (Lipinski definition) is 0. The number of benzene rings is 5. The minimum Gasteiger partial charge on any atom is -0.497 e. The summed E-state index contributed by atoms with van der Waals surface area (Å²) in [6.07, 6.45) is 3.78. The van der Waals surface area contributed by atoms with Gasteiger partial charge in [0, 0.05) is 108 Å². The fourth-order valence-electron chi connectivity index (χ4n) is 7.43. The number of anilines is 5. The molecule has 0 unspecified atom stereocenters. The lowest BCUT2D eigenvalue weighted by atomic mass is 9.94. The fourth-order valence-corrected chi connectivity index (χ4v) is 7.43. The van der Waals surface area contributed by atoms with Crippen LogP contribution in [-0.2, 0) is 22.4 Å². The lowest BCUT2D eigenvalue weighted by molar-refractivity contribution is -0.385. The Morgan fingerprint density at radius 3 is 1.98 bits per heavy atom. The van der Waals surface area contributed by atoms with Crippen molar-refractivity contribution in [2.24, 2.45) is 0 Å². The maximum absolute atomic E-state index is 11.9. The van der Waals surface area contributed by atoms with Gasteiger partial charge in [-0.05, 0) is 90.3 Å². The van der Waals surface area contributed by atoms with Crippen molar-refractivity contribution in [2.45, 2.75) is 39.2 Å². The van der Waals surface area contributed by atoms with Crippen LogP contribution < -0.4 is 14.5 Å². The highest BCUT2D eigenvalue weighted by atomic mass is 16.6. The third kappa shape index (κ3) is 7.17. The van der Waals surface area contributed by atoms with E-state index in [2.05, 4.69) is 57.7 Å². The van der Waals surface area contributed by atoms with Crippen LogP contribution in [0.4, 0.5) is 39.8 Å². The molecule has 0 fully saturated rings. The minimum absolute atomic E-state index is 0.0306. The molecule has 0 N–H and O–H groups in total. The molecule has 0 amide bonds. The summed E-state index contributed by atoms with van der Waals surface area (Å²) in [6.45, 7) is 5.06. The van der Waals surface area contributed by atoms with Gasteiger partial charge in [0.05, 0.1) is 30.2 Å². The lowest BCUT2D eigenvalue weighted by Crippen LogP contribution is -2.27. The molecule has 0 saturated heterocycles. The summed E-state index contributed by atoms with van der Waals surface area (Å²) in [4.78, 5) is 27.2. The third-order valence-corrected chi connectivity index (χ3v) is 10.1. The van der Waals surface area contributed by atoms with E-state index in [0.29, 0.717) is 39.3 Å². The highest BCUT2D eigenvalue weighted by Crippen LogP contribution is 2.45. The monoisotopic (exact) mass is 729 g/mol. The Kier molecular flexibility index (Phi) is 10.7. The third-order valence-electron chi connectivity index (χ3n) is 10.1. The van der Waals surface area contributed by atoms with E-state index in [0.717, 1.165) is 86.4 Å². The summed E-state index contributed by atoms with van der Waals surface area (Å²) in [5.74, 6) is 0.721. The molecule has 12 nitrogen and oxygen atoms in total. The Labute approximate surface area is 313 Å². The first-order chi connectivity index (χ1) is 26.3. The molecule has 12 heteroatoms. The van der Waals surface area contributed by atoms with Crippen molar-refractivity contribution in [3.63, 3.8) is 0 Å². The summed E-state index contributed by atoms with van der Waals surface area (Å²) >= 11 is 0. The Hall–Kier alpha value is -5.98. The maximum atomic E-state index is 11.9. The number of aromatic nitrogens is 1. The van der Waals surface area contributed by atoms with Crippen molar-refractivity contribution >= 4 is 61.6 Å². The Balaban J connectivity index is 1.35. The van der Waals surface area contributed by atoms with E-state index in [4.69, 9.17) is 14.2 Å². The van der Waals surface area contributed by atoms with Gasteiger partial charge in [-0.15, -0.1) is 0 Å². The standard InChI is InChI=1S/C42H43N5O7/c1-4-5-6-21-54-23-20-44-41-17-10-33(27-37(41)38-28-35(47(50)51)12-18-42(38)44)45(31-7-13-36(53-3)14-8-31)32-9-15-39-29(25-32)24-30-26-34(46(48)49)11-16-40(30)43(39)19-22-52-2/h7-18,25-28H,4-6,19-24H2,1-3H3. The molecule has 54 heavy (non-hydrogen) atoms. The van der Waals surface area contributed by atoms with Crippen molar-refractivity contribution in [1.82, 2.24) is 4.57 Å². The van der Waals surface area contributed by atoms with Gasteiger partial charge in [-0.3, -0.25) is 20.2 Å². The molecule has 6 aromatic rings. The van der Waals surface area contributed by atoms with Crippen molar-refractivity contribution in [2.75, 3.05) is 50.4 Å². The summed E-state index contributed by atoms with van der Waals surface area (Å²) in [7, 11) is 3.29. The number of non-ortho nitro benzene ring substituents is 2. The van der Waals surface area contributed by atoms with Crippen LogP contribution in [-0.4, -0.2) is 55.0 Å². The zero-order chi connectivity index (χ0) is 37.8. The summed E-state index contributed by atoms with van der Waals surface area (Å²) in [5.41, 5.74) is 8.38. The molecule has 5 aromatic carbocycles. The molecular formula is C42H43N5O7. The van der Waals surface area contributed by atoms with E-state index in [1.165, 1.54) is 0 Å². The van der Waals surface area contributed by atoms with E-state index in [1.807, 2.05) is 36.4 Å². The number of methoxy groups -OCH3 is 2. The van der Waals surface area contributed by atoms with E-state index in [9.17, 15) is 20.2 Å². The van der Waals surface area contributed by atoms with E-state index in [1.54, 1.807) is 38.5 Å². The average molecular weight is 730 g/mol. The molecule has 1 aliphatic rings. The quantitative estimate of drug-likeness (QED) is 0.0544. The van der Waals surface area contributed by atoms with Crippen LogP contribution in [0.2, 0.25) is 0 Å². The number of ether oxygens (including phenoxy) is 3. The van der Waals surface area contributed by atoms with Crippen LogP contribution >= 0.6 is 0 Å². The largest absolute Gasteiger partial charge is 0.497 e. The number of hydrogen-bond acceptors (Lipinski definition) is 9. The normalized spacial score (nSPS) is 12.2. The van der Waals surface area contributed by atoms with Gasteiger partial charge in [0.2, 0.25) is 0 Å². The molecule has 0 radical (unpaired) electrons. The predicted octanol–water partition coefficient (Wildman–Crippen LogP) is 9.98. The number of nitro groups is 2. The van der Waals surface area contributed by atoms with E-state index in [-0.39, 0.29) is 21.2 Å². The zero-order valence-electron chi connectivity index (χ0n) is 30.7. The van der Waals surface area contributed by atoms with Crippen LogP contribution in [0, 0.1) is 20.2 Å². The van der Waals surface area contributed by atoms with Gasteiger partial charge in [0.25, 0.3) is 11.4 Å². The second-order valence-electron chi connectivity index (χ2n) is 13.4. The first-order valence-corrected chi connectivity index (χ1v) is 18.2. The molecule has 0 saturated carbocycles. The Morgan fingerprint density at radius 1 is 0.667 bits per heavy atom. The molecule has 0 aliphatic carbocycles. The summed E-state index contributed by atoms with van der Waals surface area (Å²) < 4.78 is 19.1. The van der Waals surface area contributed by atoms with Gasteiger partial charge in [-0.1, -0.05) is 19.8 Å². The number of nitro benzene ring substituents is 2. The minimum atomic E-state index is -0.362. The maximum Gasteiger partial charge on any atom is 0.270 e. The fraction of sp³-hybridized carbons (Fsp3) is 0.286. The number of fused-ring (bicyclic) bond motifs is 5. The lowest BCUT2D eigenvalue weighted by Gasteiger charge is -2.34. The topological polar surface area (TPSA) is 125 Å². The Morgan fingerprint density at radius 2 is 1.28 bits per heavy atom. The highest BCUT2D eigenvalue weighted by Gasteiger charge is 2.26. The predicted molar refractivity (Wildman–Crippen MR) is 212 cm³/mol.